The molecule has 5 heteroatoms. The van der Waals surface area contributed by atoms with Crippen LogP contribution in [0.3, 0.4) is 0 Å². The average Bonchev–Trinajstić information content (AvgIpc) is 3.22. The number of amides is 1. The highest BCUT2D eigenvalue weighted by molar-refractivity contribution is 5.83. The van der Waals surface area contributed by atoms with Crippen molar-refractivity contribution < 1.29 is 9.42 Å². The molecule has 21 heavy (non-hydrogen) atoms. The van der Waals surface area contributed by atoms with Crippen LogP contribution in [0.15, 0.2) is 35.0 Å². The van der Waals surface area contributed by atoms with Gasteiger partial charge in [0.1, 0.15) is 11.4 Å². The van der Waals surface area contributed by atoms with Gasteiger partial charge in [-0.3, -0.25) is 4.79 Å². The molecule has 0 radical (unpaired) electrons. The molecule has 1 aromatic heterocycles. The molecule has 0 aliphatic heterocycles. The van der Waals surface area contributed by atoms with Crippen LogP contribution in [0.1, 0.15) is 36.2 Å². The SMILES string of the molecule is CCN(Cc1nonc1C)C(=O)[C@H]1C[C@@H]1c1ccccc1. The first-order valence-corrected chi connectivity index (χ1v) is 7.32. The standard InChI is InChI=1S/C16H19N3O2/c1-3-19(10-15-11(2)17-21-18-15)16(20)14-9-13(14)12-7-5-4-6-8-12/h4-8,13-14H,3,9-10H2,1-2H3/t13-,14+/m1/s1. The third-order valence-corrected chi connectivity index (χ3v) is 4.12. The van der Waals surface area contributed by atoms with Gasteiger partial charge in [-0.2, -0.15) is 0 Å². The number of hydrogen-bond acceptors (Lipinski definition) is 4. The first kappa shape index (κ1) is 13.8. The highest BCUT2D eigenvalue weighted by Gasteiger charge is 2.45. The van der Waals surface area contributed by atoms with Crippen molar-refractivity contribution in [3.8, 4) is 0 Å². The molecule has 0 N–H and O–H groups in total. The Hall–Kier alpha value is -2.17. The molecule has 110 valence electrons. The molecular weight excluding hydrogens is 266 g/mol. The summed E-state index contributed by atoms with van der Waals surface area (Å²) in [6, 6.07) is 10.2. The van der Waals surface area contributed by atoms with E-state index in [2.05, 4.69) is 22.4 Å². The quantitative estimate of drug-likeness (QED) is 0.847. The van der Waals surface area contributed by atoms with Crippen LogP contribution in [-0.2, 0) is 11.3 Å². The summed E-state index contributed by atoms with van der Waals surface area (Å²) < 4.78 is 4.70. The molecule has 1 amide bonds. The first-order chi connectivity index (χ1) is 10.2. The number of nitrogens with zero attached hydrogens (tertiary/aromatic N) is 3. The van der Waals surface area contributed by atoms with Gasteiger partial charge in [-0.25, -0.2) is 4.63 Å². The van der Waals surface area contributed by atoms with Gasteiger partial charge in [0, 0.05) is 12.5 Å². The molecule has 1 saturated carbocycles. The third kappa shape index (κ3) is 2.82. The van der Waals surface area contributed by atoms with E-state index in [0.29, 0.717) is 19.0 Å². The summed E-state index contributed by atoms with van der Waals surface area (Å²) in [5, 5.41) is 7.63. The predicted molar refractivity (Wildman–Crippen MR) is 77.4 cm³/mol. The topological polar surface area (TPSA) is 59.2 Å². The molecule has 1 heterocycles. The van der Waals surface area contributed by atoms with Crippen molar-refractivity contribution in [2.45, 2.75) is 32.7 Å². The highest BCUT2D eigenvalue weighted by atomic mass is 16.6. The Bertz CT molecular complexity index is 623. The Labute approximate surface area is 123 Å². The largest absolute Gasteiger partial charge is 0.337 e. The van der Waals surface area contributed by atoms with Gasteiger partial charge in [0.2, 0.25) is 5.91 Å². The summed E-state index contributed by atoms with van der Waals surface area (Å²) in [6.07, 6.45) is 0.940. The molecular formula is C16H19N3O2. The van der Waals surface area contributed by atoms with Gasteiger partial charge in [-0.05, 0) is 31.7 Å². The van der Waals surface area contributed by atoms with Crippen LogP contribution in [0.4, 0.5) is 0 Å². The minimum atomic E-state index is 0.104. The maximum absolute atomic E-state index is 12.6. The van der Waals surface area contributed by atoms with Crippen LogP contribution < -0.4 is 0 Å². The van der Waals surface area contributed by atoms with E-state index in [9.17, 15) is 4.79 Å². The van der Waals surface area contributed by atoms with Crippen molar-refractivity contribution in [1.82, 2.24) is 15.2 Å². The summed E-state index contributed by atoms with van der Waals surface area (Å²) in [5.74, 6) is 0.672. The maximum Gasteiger partial charge on any atom is 0.226 e. The third-order valence-electron chi connectivity index (χ3n) is 4.12. The summed E-state index contributed by atoms with van der Waals surface area (Å²) >= 11 is 0. The minimum absolute atomic E-state index is 0.104. The fourth-order valence-corrected chi connectivity index (χ4v) is 2.69. The van der Waals surface area contributed by atoms with Crippen LogP contribution in [-0.4, -0.2) is 27.7 Å². The maximum atomic E-state index is 12.6. The van der Waals surface area contributed by atoms with Crippen molar-refractivity contribution in [3.63, 3.8) is 0 Å². The fourth-order valence-electron chi connectivity index (χ4n) is 2.69. The predicted octanol–water partition coefficient (Wildman–Crippen LogP) is 2.53. The Balaban J connectivity index is 1.66. The van der Waals surface area contributed by atoms with Crippen LogP contribution in [0.5, 0.6) is 0 Å². The number of aromatic nitrogens is 2. The normalized spacial score (nSPS) is 20.3. The number of rotatable bonds is 5. The lowest BCUT2D eigenvalue weighted by Crippen LogP contribution is -2.32. The molecule has 2 aromatic rings. The fraction of sp³-hybridized carbons (Fsp3) is 0.438. The van der Waals surface area contributed by atoms with Crippen LogP contribution >= 0.6 is 0 Å². The van der Waals surface area contributed by atoms with Crippen LogP contribution in [0.2, 0.25) is 0 Å². The van der Waals surface area contributed by atoms with E-state index in [1.54, 1.807) is 0 Å². The second kappa shape index (κ2) is 5.68. The monoisotopic (exact) mass is 285 g/mol. The molecule has 1 aliphatic rings. The molecule has 2 atom stereocenters. The molecule has 5 nitrogen and oxygen atoms in total. The van der Waals surface area contributed by atoms with E-state index in [1.165, 1.54) is 5.56 Å². The zero-order chi connectivity index (χ0) is 14.8. The molecule has 3 rings (SSSR count). The second-order valence-corrected chi connectivity index (χ2v) is 5.51. The van der Waals surface area contributed by atoms with Crippen LogP contribution in [0, 0.1) is 12.8 Å². The molecule has 0 unspecified atom stereocenters. The van der Waals surface area contributed by atoms with Gasteiger partial charge in [0.15, 0.2) is 0 Å². The van der Waals surface area contributed by atoms with Gasteiger partial charge in [-0.1, -0.05) is 40.6 Å². The molecule has 1 aliphatic carbocycles. The van der Waals surface area contributed by atoms with Crippen molar-refractivity contribution in [1.29, 1.82) is 0 Å². The number of carbonyl (C=O) groups excluding carboxylic acids is 1. The van der Waals surface area contributed by atoms with E-state index in [0.717, 1.165) is 17.8 Å². The van der Waals surface area contributed by atoms with Crippen molar-refractivity contribution >= 4 is 5.91 Å². The zero-order valence-corrected chi connectivity index (χ0v) is 12.3. The summed E-state index contributed by atoms with van der Waals surface area (Å²) in [7, 11) is 0. The number of aryl methyl sites for hydroxylation is 1. The number of benzene rings is 1. The van der Waals surface area contributed by atoms with E-state index < -0.39 is 0 Å². The van der Waals surface area contributed by atoms with Gasteiger partial charge in [0.25, 0.3) is 0 Å². The average molecular weight is 285 g/mol. The van der Waals surface area contributed by atoms with Crippen molar-refractivity contribution in [3.05, 3.63) is 47.3 Å². The van der Waals surface area contributed by atoms with Gasteiger partial charge in [0.05, 0.1) is 6.54 Å². The lowest BCUT2D eigenvalue weighted by molar-refractivity contribution is -0.133. The van der Waals surface area contributed by atoms with E-state index in [4.69, 9.17) is 4.63 Å². The first-order valence-electron chi connectivity index (χ1n) is 7.32. The van der Waals surface area contributed by atoms with Crippen LogP contribution in [0.25, 0.3) is 0 Å². The molecule has 1 aromatic carbocycles. The Morgan fingerprint density at radius 1 is 1.33 bits per heavy atom. The van der Waals surface area contributed by atoms with Crippen molar-refractivity contribution in [2.24, 2.45) is 5.92 Å². The number of carbonyl (C=O) groups is 1. The van der Waals surface area contributed by atoms with Gasteiger partial charge >= 0.3 is 0 Å². The number of hydrogen-bond donors (Lipinski definition) is 0. The Kier molecular flexibility index (Phi) is 3.73. The minimum Gasteiger partial charge on any atom is -0.337 e. The second-order valence-electron chi connectivity index (χ2n) is 5.51. The molecule has 0 saturated heterocycles. The smallest absolute Gasteiger partial charge is 0.226 e. The Morgan fingerprint density at radius 2 is 2.10 bits per heavy atom. The molecule has 1 fully saturated rings. The Morgan fingerprint density at radius 3 is 2.71 bits per heavy atom. The summed E-state index contributed by atoms with van der Waals surface area (Å²) in [4.78, 5) is 14.4. The molecule has 0 bridgehead atoms. The van der Waals surface area contributed by atoms with E-state index >= 15 is 0 Å². The highest BCUT2D eigenvalue weighted by Crippen LogP contribution is 2.48. The van der Waals surface area contributed by atoms with E-state index in [-0.39, 0.29) is 11.8 Å². The zero-order valence-electron chi connectivity index (χ0n) is 12.3. The molecule has 0 spiro atoms. The summed E-state index contributed by atoms with van der Waals surface area (Å²) in [6.45, 7) is 4.97. The van der Waals surface area contributed by atoms with Gasteiger partial charge < -0.3 is 4.90 Å². The van der Waals surface area contributed by atoms with Gasteiger partial charge in [-0.15, -0.1) is 0 Å². The lowest BCUT2D eigenvalue weighted by Gasteiger charge is -2.19. The van der Waals surface area contributed by atoms with Crippen molar-refractivity contribution in [2.75, 3.05) is 6.54 Å². The lowest BCUT2D eigenvalue weighted by atomic mass is 10.1. The summed E-state index contributed by atoms with van der Waals surface area (Å²) in [5.41, 5.74) is 2.74. The van der Waals surface area contributed by atoms with E-state index in [1.807, 2.05) is 36.9 Å².